The Morgan fingerprint density at radius 3 is 2.82 bits per heavy atom. The van der Waals surface area contributed by atoms with Gasteiger partial charge in [0.05, 0.1) is 18.3 Å². The molecule has 1 aliphatic rings. The van der Waals surface area contributed by atoms with E-state index in [0.29, 0.717) is 35.3 Å². The summed E-state index contributed by atoms with van der Waals surface area (Å²) in [7, 11) is 0. The van der Waals surface area contributed by atoms with Crippen LogP contribution in [0, 0.1) is 12.8 Å². The zero-order chi connectivity index (χ0) is 23.7. The van der Waals surface area contributed by atoms with Crippen LogP contribution in [0.3, 0.4) is 0 Å². The number of furan rings is 1. The maximum atomic E-state index is 12.4. The monoisotopic (exact) mass is 468 g/mol. The van der Waals surface area contributed by atoms with Crippen LogP contribution in [0.1, 0.15) is 18.4 Å². The smallest absolute Gasteiger partial charge is 0.250 e. The van der Waals surface area contributed by atoms with Gasteiger partial charge in [-0.05, 0) is 49.9 Å². The van der Waals surface area contributed by atoms with Gasteiger partial charge in [-0.25, -0.2) is 13.8 Å². The van der Waals surface area contributed by atoms with Crippen LogP contribution >= 0.6 is 0 Å². The van der Waals surface area contributed by atoms with E-state index < -0.39 is 6.43 Å². The lowest BCUT2D eigenvalue weighted by atomic mass is 9.97. The van der Waals surface area contributed by atoms with Crippen molar-refractivity contribution in [2.75, 3.05) is 36.4 Å². The topological polar surface area (TPSA) is 99.1 Å². The van der Waals surface area contributed by atoms with Crippen molar-refractivity contribution in [3.63, 3.8) is 0 Å². The summed E-state index contributed by atoms with van der Waals surface area (Å²) in [6.45, 7) is 3.74. The summed E-state index contributed by atoms with van der Waals surface area (Å²) in [6, 6.07) is 9.12. The highest BCUT2D eigenvalue weighted by Crippen LogP contribution is 2.31. The Labute approximate surface area is 194 Å². The van der Waals surface area contributed by atoms with E-state index in [1.54, 1.807) is 18.4 Å². The number of nitrogens with zero attached hydrogens (tertiary/aromatic N) is 3. The van der Waals surface area contributed by atoms with Gasteiger partial charge < -0.3 is 24.9 Å². The number of nitrogens with one attached hydrogen (secondary N) is 3. The van der Waals surface area contributed by atoms with Crippen molar-refractivity contribution in [3.8, 4) is 0 Å². The van der Waals surface area contributed by atoms with E-state index in [9.17, 15) is 13.6 Å². The van der Waals surface area contributed by atoms with Crippen LogP contribution in [0.25, 0.3) is 22.0 Å². The quantitative estimate of drug-likeness (QED) is 0.374. The standard InChI is InChI=1S/C24H26F2N6O2/c1-14-10-21(33)29-19-11-16(2-3-17(14)19)28-24-30-18-6-9-34-22(18)23(31-24)32-7-4-15(5-8-32)12-27-13-20(25)26/h2-3,6,9-11,15,20,27H,4-5,7-8,12-13H2,1H3,(H,29,33)(H,28,30,31). The van der Waals surface area contributed by atoms with Crippen molar-refractivity contribution in [3.05, 3.63) is 52.5 Å². The van der Waals surface area contributed by atoms with E-state index in [-0.39, 0.29) is 12.1 Å². The minimum absolute atomic E-state index is 0.145. The summed E-state index contributed by atoms with van der Waals surface area (Å²) in [6.07, 6.45) is 1.02. The Kier molecular flexibility index (Phi) is 6.14. The summed E-state index contributed by atoms with van der Waals surface area (Å²) in [4.78, 5) is 26.2. The van der Waals surface area contributed by atoms with Gasteiger partial charge in [0.2, 0.25) is 11.5 Å². The first kappa shape index (κ1) is 22.3. The summed E-state index contributed by atoms with van der Waals surface area (Å²) >= 11 is 0. The fourth-order valence-corrected chi connectivity index (χ4v) is 4.51. The molecule has 8 nitrogen and oxygen atoms in total. The average molecular weight is 469 g/mol. The predicted molar refractivity (Wildman–Crippen MR) is 128 cm³/mol. The number of alkyl halides is 2. The Balaban J connectivity index is 1.36. The molecule has 0 aliphatic carbocycles. The second-order valence-electron chi connectivity index (χ2n) is 8.69. The molecule has 1 aromatic carbocycles. The number of hydrogen-bond acceptors (Lipinski definition) is 7. The summed E-state index contributed by atoms with van der Waals surface area (Å²) in [5.74, 6) is 1.49. The van der Waals surface area contributed by atoms with Gasteiger partial charge in [0, 0.05) is 36.3 Å². The third kappa shape index (κ3) is 4.72. The molecule has 5 rings (SSSR count). The largest absolute Gasteiger partial charge is 0.459 e. The third-order valence-electron chi connectivity index (χ3n) is 6.24. The van der Waals surface area contributed by atoms with Gasteiger partial charge in [-0.3, -0.25) is 4.79 Å². The number of piperidine rings is 1. The number of halogens is 2. The van der Waals surface area contributed by atoms with E-state index in [1.165, 1.54) is 0 Å². The van der Waals surface area contributed by atoms with Crippen LogP contribution in [0.5, 0.6) is 0 Å². The predicted octanol–water partition coefficient (Wildman–Crippen LogP) is 4.19. The van der Waals surface area contributed by atoms with E-state index in [1.807, 2.05) is 25.1 Å². The zero-order valence-electron chi connectivity index (χ0n) is 18.8. The van der Waals surface area contributed by atoms with Gasteiger partial charge in [-0.2, -0.15) is 4.98 Å². The molecule has 34 heavy (non-hydrogen) atoms. The van der Waals surface area contributed by atoms with E-state index >= 15 is 0 Å². The molecule has 0 amide bonds. The van der Waals surface area contributed by atoms with E-state index in [4.69, 9.17) is 9.40 Å². The highest BCUT2D eigenvalue weighted by atomic mass is 19.3. The SMILES string of the molecule is Cc1cc(=O)[nH]c2cc(Nc3nc(N4CCC(CNCC(F)F)CC4)c4occc4n3)ccc12. The minimum atomic E-state index is -2.33. The van der Waals surface area contributed by atoms with Crippen molar-refractivity contribution < 1.29 is 13.2 Å². The molecule has 0 unspecified atom stereocenters. The van der Waals surface area contributed by atoms with Crippen LogP contribution in [0.15, 0.2) is 45.8 Å². The number of benzene rings is 1. The first-order valence-electron chi connectivity index (χ1n) is 11.4. The van der Waals surface area contributed by atoms with Crippen LogP contribution in [-0.4, -0.2) is 47.6 Å². The number of aromatic amines is 1. The molecule has 0 saturated carbocycles. The van der Waals surface area contributed by atoms with Crippen molar-refractivity contribution in [2.45, 2.75) is 26.2 Å². The van der Waals surface area contributed by atoms with Crippen LogP contribution in [0.4, 0.5) is 26.2 Å². The van der Waals surface area contributed by atoms with Gasteiger partial charge in [-0.1, -0.05) is 6.07 Å². The molecule has 0 spiro atoms. The van der Waals surface area contributed by atoms with Crippen LogP contribution in [-0.2, 0) is 0 Å². The van der Waals surface area contributed by atoms with Gasteiger partial charge in [0.25, 0.3) is 6.43 Å². The maximum absolute atomic E-state index is 12.4. The van der Waals surface area contributed by atoms with Crippen molar-refractivity contribution in [2.24, 2.45) is 5.92 Å². The Hall–Kier alpha value is -3.53. The molecule has 1 fully saturated rings. The molecular weight excluding hydrogens is 442 g/mol. The molecule has 1 aliphatic heterocycles. The second-order valence-corrected chi connectivity index (χ2v) is 8.69. The molecule has 0 bridgehead atoms. The van der Waals surface area contributed by atoms with Crippen LogP contribution in [0.2, 0.25) is 0 Å². The maximum Gasteiger partial charge on any atom is 0.250 e. The molecule has 10 heteroatoms. The molecule has 178 valence electrons. The Morgan fingerprint density at radius 2 is 2.03 bits per heavy atom. The van der Waals surface area contributed by atoms with Gasteiger partial charge in [0.15, 0.2) is 11.4 Å². The van der Waals surface area contributed by atoms with Crippen molar-refractivity contribution >= 4 is 39.5 Å². The molecular formula is C24H26F2N6O2. The number of rotatable bonds is 7. The zero-order valence-corrected chi connectivity index (χ0v) is 18.8. The molecule has 0 atom stereocenters. The lowest BCUT2D eigenvalue weighted by Gasteiger charge is -2.33. The van der Waals surface area contributed by atoms with Gasteiger partial charge in [0.1, 0.15) is 5.52 Å². The fourth-order valence-electron chi connectivity index (χ4n) is 4.51. The molecule has 3 aromatic heterocycles. The second kappa shape index (κ2) is 9.38. The Bertz CT molecular complexity index is 1360. The highest BCUT2D eigenvalue weighted by Gasteiger charge is 2.24. The lowest BCUT2D eigenvalue weighted by molar-refractivity contribution is 0.143. The van der Waals surface area contributed by atoms with E-state index in [2.05, 4.69) is 25.5 Å². The van der Waals surface area contributed by atoms with Crippen molar-refractivity contribution in [1.82, 2.24) is 20.3 Å². The van der Waals surface area contributed by atoms with Crippen LogP contribution < -0.4 is 21.1 Å². The molecule has 4 aromatic rings. The number of fused-ring (bicyclic) bond motifs is 2. The molecule has 1 saturated heterocycles. The highest BCUT2D eigenvalue weighted by molar-refractivity contribution is 5.87. The van der Waals surface area contributed by atoms with Gasteiger partial charge >= 0.3 is 0 Å². The summed E-state index contributed by atoms with van der Waals surface area (Å²) < 4.78 is 30.4. The summed E-state index contributed by atoms with van der Waals surface area (Å²) in [5, 5.41) is 7.07. The molecule has 3 N–H and O–H groups in total. The minimum Gasteiger partial charge on any atom is -0.459 e. The third-order valence-corrected chi connectivity index (χ3v) is 6.24. The number of anilines is 3. The fraction of sp³-hybridized carbons (Fsp3) is 0.375. The number of hydrogen-bond donors (Lipinski definition) is 3. The number of aromatic nitrogens is 3. The van der Waals surface area contributed by atoms with E-state index in [0.717, 1.165) is 48.1 Å². The first-order chi connectivity index (χ1) is 16.5. The normalized spacial score (nSPS) is 15.0. The Morgan fingerprint density at radius 1 is 1.21 bits per heavy atom. The van der Waals surface area contributed by atoms with Gasteiger partial charge in [-0.15, -0.1) is 0 Å². The molecule has 0 radical (unpaired) electrons. The number of H-pyrrole nitrogens is 1. The van der Waals surface area contributed by atoms with Crippen molar-refractivity contribution in [1.29, 1.82) is 0 Å². The first-order valence-corrected chi connectivity index (χ1v) is 11.4. The summed E-state index contributed by atoms with van der Waals surface area (Å²) in [5.41, 5.74) is 3.58. The lowest BCUT2D eigenvalue weighted by Crippen LogP contribution is -2.38. The number of aryl methyl sites for hydroxylation is 1. The average Bonchev–Trinajstić information content (AvgIpc) is 3.27. The molecule has 4 heterocycles. The number of pyridine rings is 1.